The average Bonchev–Trinajstić information content (AvgIpc) is 2.35. The number of para-hydroxylation sites is 2. The fourth-order valence-corrected chi connectivity index (χ4v) is 2.33. The Morgan fingerprint density at radius 1 is 1.13 bits per heavy atom. The molecule has 0 amide bonds. The molecular weight excluding hydrogens is 210 g/mol. The van der Waals surface area contributed by atoms with E-state index in [0.29, 0.717) is 0 Å². The van der Waals surface area contributed by atoms with E-state index in [1.165, 1.54) is 19.3 Å². The molecule has 0 saturated heterocycles. The van der Waals surface area contributed by atoms with Crippen molar-refractivity contribution in [3.8, 4) is 5.75 Å². The second-order valence-corrected chi connectivity index (χ2v) is 4.31. The van der Waals surface area contributed by atoms with Crippen LogP contribution in [0.1, 0.15) is 25.7 Å². The van der Waals surface area contributed by atoms with Crippen molar-refractivity contribution >= 4 is 18.1 Å². The first kappa shape index (κ1) is 10.6. The Morgan fingerprint density at radius 3 is 2.67 bits per heavy atom. The van der Waals surface area contributed by atoms with Crippen LogP contribution in [0.25, 0.3) is 0 Å². The summed E-state index contributed by atoms with van der Waals surface area (Å²) in [6, 6.07) is 8.24. The number of fused-ring (bicyclic) bond motifs is 1. The average molecular weight is 226 g/mol. The van der Waals surface area contributed by atoms with Gasteiger partial charge in [0.15, 0.2) is 0 Å². The van der Waals surface area contributed by atoms with Gasteiger partial charge in [0.1, 0.15) is 11.4 Å². The van der Waals surface area contributed by atoms with Gasteiger partial charge in [-0.25, -0.2) is 0 Å². The minimum atomic E-state index is 0. The molecular formula is C12H16ClNO. The number of halogens is 1. The van der Waals surface area contributed by atoms with E-state index in [1.807, 2.05) is 12.1 Å². The second-order valence-electron chi connectivity index (χ2n) is 4.31. The molecule has 0 radical (unpaired) electrons. The SMILES string of the molecule is Cl.c1ccc2c(c1)NCCC1(CCC1)O2. The molecule has 0 atom stereocenters. The molecule has 1 saturated carbocycles. The van der Waals surface area contributed by atoms with E-state index in [1.54, 1.807) is 0 Å². The molecule has 1 spiro atoms. The lowest BCUT2D eigenvalue weighted by molar-refractivity contribution is -0.00821. The number of hydrogen-bond acceptors (Lipinski definition) is 2. The first-order valence-electron chi connectivity index (χ1n) is 5.40. The number of anilines is 1. The van der Waals surface area contributed by atoms with Crippen molar-refractivity contribution in [1.82, 2.24) is 0 Å². The molecule has 2 aliphatic rings. The van der Waals surface area contributed by atoms with Crippen molar-refractivity contribution in [2.24, 2.45) is 0 Å². The second kappa shape index (κ2) is 3.93. The van der Waals surface area contributed by atoms with Gasteiger partial charge in [-0.1, -0.05) is 12.1 Å². The molecule has 1 heterocycles. The molecule has 2 nitrogen and oxygen atoms in total. The molecule has 0 unspecified atom stereocenters. The zero-order valence-electron chi connectivity index (χ0n) is 8.66. The Morgan fingerprint density at radius 2 is 1.93 bits per heavy atom. The molecule has 0 aromatic heterocycles. The minimum absolute atomic E-state index is 0. The summed E-state index contributed by atoms with van der Waals surface area (Å²) in [5.41, 5.74) is 1.32. The quantitative estimate of drug-likeness (QED) is 0.732. The molecule has 3 rings (SSSR count). The normalized spacial score (nSPS) is 21.1. The van der Waals surface area contributed by atoms with Gasteiger partial charge in [0.25, 0.3) is 0 Å². The van der Waals surface area contributed by atoms with Crippen molar-refractivity contribution in [3.05, 3.63) is 24.3 Å². The van der Waals surface area contributed by atoms with Gasteiger partial charge in [-0.15, -0.1) is 12.4 Å². The minimum Gasteiger partial charge on any atom is -0.485 e. The molecule has 15 heavy (non-hydrogen) atoms. The summed E-state index contributed by atoms with van der Waals surface area (Å²) in [6.45, 7) is 1.04. The van der Waals surface area contributed by atoms with Crippen LogP contribution in [-0.4, -0.2) is 12.1 Å². The highest BCUT2D eigenvalue weighted by Crippen LogP contribution is 2.43. The summed E-state index contributed by atoms with van der Waals surface area (Å²) < 4.78 is 6.12. The molecule has 82 valence electrons. The van der Waals surface area contributed by atoms with Crippen LogP contribution in [-0.2, 0) is 0 Å². The highest BCUT2D eigenvalue weighted by atomic mass is 35.5. The highest BCUT2D eigenvalue weighted by molar-refractivity contribution is 5.85. The van der Waals surface area contributed by atoms with Gasteiger partial charge < -0.3 is 10.1 Å². The summed E-state index contributed by atoms with van der Waals surface area (Å²) in [7, 11) is 0. The highest BCUT2D eigenvalue weighted by Gasteiger charge is 2.40. The Labute approximate surface area is 96.4 Å². The third-order valence-electron chi connectivity index (χ3n) is 3.37. The Hall–Kier alpha value is -0.890. The molecule has 1 aromatic carbocycles. The van der Waals surface area contributed by atoms with E-state index in [-0.39, 0.29) is 18.0 Å². The summed E-state index contributed by atoms with van der Waals surface area (Å²) in [5.74, 6) is 1.03. The summed E-state index contributed by atoms with van der Waals surface area (Å²) >= 11 is 0. The van der Waals surface area contributed by atoms with Crippen LogP contribution in [0.15, 0.2) is 24.3 Å². The van der Waals surface area contributed by atoms with Gasteiger partial charge >= 0.3 is 0 Å². The molecule has 1 aliphatic carbocycles. The van der Waals surface area contributed by atoms with E-state index in [9.17, 15) is 0 Å². The van der Waals surface area contributed by atoms with Crippen LogP contribution in [0.5, 0.6) is 5.75 Å². The predicted octanol–water partition coefficient (Wildman–Crippen LogP) is 3.23. The van der Waals surface area contributed by atoms with Crippen molar-refractivity contribution in [2.75, 3.05) is 11.9 Å². The fraction of sp³-hybridized carbons (Fsp3) is 0.500. The smallest absolute Gasteiger partial charge is 0.143 e. The van der Waals surface area contributed by atoms with E-state index >= 15 is 0 Å². The maximum absolute atomic E-state index is 6.12. The summed E-state index contributed by atoms with van der Waals surface area (Å²) in [6.07, 6.45) is 4.91. The monoisotopic (exact) mass is 225 g/mol. The van der Waals surface area contributed by atoms with Crippen molar-refractivity contribution < 1.29 is 4.74 Å². The van der Waals surface area contributed by atoms with E-state index < -0.39 is 0 Å². The molecule has 3 heteroatoms. The maximum atomic E-state index is 6.12. The third-order valence-corrected chi connectivity index (χ3v) is 3.37. The van der Waals surface area contributed by atoms with E-state index in [4.69, 9.17) is 4.74 Å². The summed E-state index contributed by atoms with van der Waals surface area (Å²) in [5, 5.41) is 3.42. The van der Waals surface area contributed by atoms with Crippen molar-refractivity contribution in [1.29, 1.82) is 0 Å². The molecule has 1 N–H and O–H groups in total. The van der Waals surface area contributed by atoms with Gasteiger partial charge in [0.05, 0.1) is 5.69 Å². The Kier molecular flexibility index (Phi) is 2.79. The number of hydrogen-bond donors (Lipinski definition) is 1. The van der Waals surface area contributed by atoms with Gasteiger partial charge in [-0.3, -0.25) is 0 Å². The third kappa shape index (κ3) is 1.78. The van der Waals surface area contributed by atoms with Crippen LogP contribution in [0.4, 0.5) is 5.69 Å². The first-order valence-corrected chi connectivity index (χ1v) is 5.40. The van der Waals surface area contributed by atoms with E-state index in [2.05, 4.69) is 17.4 Å². The summed E-state index contributed by atoms with van der Waals surface area (Å²) in [4.78, 5) is 0. The Bertz CT molecular complexity index is 349. The lowest BCUT2D eigenvalue weighted by Gasteiger charge is -2.40. The Balaban J connectivity index is 0.000000853. The largest absolute Gasteiger partial charge is 0.485 e. The predicted molar refractivity (Wildman–Crippen MR) is 64.0 cm³/mol. The topological polar surface area (TPSA) is 21.3 Å². The van der Waals surface area contributed by atoms with Crippen LogP contribution in [0, 0.1) is 0 Å². The molecule has 0 bridgehead atoms. The standard InChI is InChI=1S/C12H15NO.ClH/c1-2-5-11-10(4-1)13-9-8-12(14-11)6-3-7-12;/h1-2,4-5,13H,3,6-9H2;1H. The molecule has 1 aliphatic heterocycles. The maximum Gasteiger partial charge on any atom is 0.143 e. The lowest BCUT2D eigenvalue weighted by atomic mass is 9.77. The molecule has 1 fully saturated rings. The van der Waals surface area contributed by atoms with E-state index in [0.717, 1.165) is 24.4 Å². The van der Waals surface area contributed by atoms with Gasteiger partial charge in [-0.2, -0.15) is 0 Å². The van der Waals surface area contributed by atoms with Crippen LogP contribution in [0.2, 0.25) is 0 Å². The molecule has 1 aromatic rings. The van der Waals surface area contributed by atoms with Crippen LogP contribution >= 0.6 is 12.4 Å². The number of nitrogens with one attached hydrogen (secondary N) is 1. The van der Waals surface area contributed by atoms with Gasteiger partial charge in [0.2, 0.25) is 0 Å². The van der Waals surface area contributed by atoms with Crippen molar-refractivity contribution in [3.63, 3.8) is 0 Å². The van der Waals surface area contributed by atoms with Gasteiger partial charge in [0, 0.05) is 13.0 Å². The number of ether oxygens (including phenoxy) is 1. The first-order chi connectivity index (χ1) is 6.88. The van der Waals surface area contributed by atoms with Crippen molar-refractivity contribution in [2.45, 2.75) is 31.3 Å². The zero-order chi connectivity index (χ0) is 9.43. The fourth-order valence-electron chi connectivity index (χ4n) is 2.33. The number of rotatable bonds is 0. The van der Waals surface area contributed by atoms with Crippen LogP contribution in [0.3, 0.4) is 0 Å². The van der Waals surface area contributed by atoms with Gasteiger partial charge in [-0.05, 0) is 31.4 Å². The number of benzene rings is 1. The van der Waals surface area contributed by atoms with Crippen LogP contribution < -0.4 is 10.1 Å². The lowest BCUT2D eigenvalue weighted by Crippen LogP contribution is -2.43. The zero-order valence-corrected chi connectivity index (χ0v) is 9.48.